The number of piperazine rings is 1. The highest BCUT2D eigenvalue weighted by Crippen LogP contribution is 2.28. The maximum absolute atomic E-state index is 13.2. The number of aromatic nitrogens is 3. The number of carbonyl (C=O) groups excluding carboxylic acids is 2. The molecule has 10 heteroatoms. The highest BCUT2D eigenvalue weighted by Gasteiger charge is 2.27. The van der Waals surface area contributed by atoms with Crippen molar-refractivity contribution in [2.45, 2.75) is 26.4 Å². The van der Waals surface area contributed by atoms with Crippen molar-refractivity contribution in [3.8, 4) is 11.4 Å². The summed E-state index contributed by atoms with van der Waals surface area (Å²) < 4.78 is 6.68. The summed E-state index contributed by atoms with van der Waals surface area (Å²) in [6.07, 6.45) is 4.59. The average molecular weight is 517 g/mol. The van der Waals surface area contributed by atoms with E-state index in [2.05, 4.69) is 31.2 Å². The van der Waals surface area contributed by atoms with Crippen molar-refractivity contribution in [3.05, 3.63) is 66.1 Å². The maximum Gasteiger partial charge on any atom is 0.410 e. The fraction of sp³-hybridized carbons (Fsp3) is 0.296. The first kappa shape index (κ1) is 24.6. The molecule has 1 fully saturated rings. The van der Waals surface area contributed by atoms with Crippen LogP contribution in [0.15, 0.2) is 60.4 Å². The highest BCUT2D eigenvalue weighted by atomic mass is 32.1. The number of benzene rings is 1. The summed E-state index contributed by atoms with van der Waals surface area (Å²) in [5.74, 6) is 0.146. The molecule has 1 aliphatic rings. The summed E-state index contributed by atoms with van der Waals surface area (Å²) in [6.45, 7) is 7.83. The number of ether oxygens (including phenoxy) is 1. The molecule has 0 bridgehead atoms. The van der Waals surface area contributed by atoms with Crippen LogP contribution in [0.4, 0.5) is 16.2 Å². The van der Waals surface area contributed by atoms with Crippen LogP contribution in [0.5, 0.6) is 0 Å². The summed E-state index contributed by atoms with van der Waals surface area (Å²) in [4.78, 5) is 42.5. The second kappa shape index (κ2) is 10.1. The van der Waals surface area contributed by atoms with Gasteiger partial charge in [-0.15, -0.1) is 11.3 Å². The third kappa shape index (κ3) is 5.69. The van der Waals surface area contributed by atoms with Crippen molar-refractivity contribution in [2.24, 2.45) is 0 Å². The van der Waals surface area contributed by atoms with Crippen molar-refractivity contribution in [1.29, 1.82) is 0 Å². The van der Waals surface area contributed by atoms with E-state index in [1.165, 1.54) is 4.70 Å². The van der Waals surface area contributed by atoms with Gasteiger partial charge in [0.2, 0.25) is 0 Å². The second-order valence-corrected chi connectivity index (χ2v) is 10.7. The zero-order valence-corrected chi connectivity index (χ0v) is 21.8. The van der Waals surface area contributed by atoms with Crippen LogP contribution >= 0.6 is 11.3 Å². The van der Waals surface area contributed by atoms with Crippen LogP contribution < -0.4 is 10.2 Å². The number of amides is 2. The third-order valence-corrected chi connectivity index (χ3v) is 6.82. The van der Waals surface area contributed by atoms with Gasteiger partial charge in [-0.1, -0.05) is 0 Å². The Balaban J connectivity index is 1.29. The van der Waals surface area contributed by atoms with Crippen LogP contribution in [0.25, 0.3) is 21.5 Å². The number of hydrogen-bond donors (Lipinski definition) is 1. The Morgan fingerprint density at radius 3 is 2.62 bits per heavy atom. The molecule has 3 aromatic heterocycles. The minimum Gasteiger partial charge on any atom is -0.444 e. The first-order valence-electron chi connectivity index (χ1n) is 12.1. The van der Waals surface area contributed by atoms with Crippen molar-refractivity contribution in [3.63, 3.8) is 0 Å². The van der Waals surface area contributed by atoms with E-state index in [-0.39, 0.29) is 17.7 Å². The van der Waals surface area contributed by atoms with E-state index in [0.29, 0.717) is 37.7 Å². The van der Waals surface area contributed by atoms with Gasteiger partial charge in [0.1, 0.15) is 11.3 Å². The van der Waals surface area contributed by atoms with Gasteiger partial charge in [-0.25, -0.2) is 14.8 Å². The number of carbonyl (C=O) groups is 2. The molecule has 4 aromatic rings. The quantitative estimate of drug-likeness (QED) is 0.404. The summed E-state index contributed by atoms with van der Waals surface area (Å²) in [6, 6.07) is 11.5. The van der Waals surface area contributed by atoms with Gasteiger partial charge >= 0.3 is 6.09 Å². The molecule has 0 unspecified atom stereocenters. The summed E-state index contributed by atoms with van der Waals surface area (Å²) in [5.41, 5.74) is 2.00. The molecule has 37 heavy (non-hydrogen) atoms. The fourth-order valence-electron chi connectivity index (χ4n) is 4.13. The Morgan fingerprint density at radius 1 is 1.03 bits per heavy atom. The van der Waals surface area contributed by atoms with E-state index in [4.69, 9.17) is 4.74 Å². The molecule has 0 aliphatic carbocycles. The van der Waals surface area contributed by atoms with Crippen LogP contribution in [0.3, 0.4) is 0 Å². The molecule has 5 rings (SSSR count). The summed E-state index contributed by atoms with van der Waals surface area (Å²) >= 11 is 1.68. The van der Waals surface area contributed by atoms with Crippen molar-refractivity contribution >= 4 is 44.8 Å². The fourth-order valence-corrected chi connectivity index (χ4v) is 4.90. The Kier molecular flexibility index (Phi) is 6.75. The first-order valence-corrected chi connectivity index (χ1v) is 12.9. The van der Waals surface area contributed by atoms with Crippen LogP contribution in [-0.2, 0) is 4.74 Å². The molecule has 0 radical (unpaired) electrons. The zero-order valence-electron chi connectivity index (χ0n) is 21.0. The molecule has 4 heterocycles. The van der Waals surface area contributed by atoms with Gasteiger partial charge in [0.05, 0.1) is 17.6 Å². The number of pyridine rings is 1. The molecule has 0 atom stereocenters. The monoisotopic (exact) mass is 516 g/mol. The topological polar surface area (TPSA) is 101 Å². The van der Waals surface area contributed by atoms with Gasteiger partial charge in [0.25, 0.3) is 5.91 Å². The van der Waals surface area contributed by atoms with E-state index in [1.807, 2.05) is 50.4 Å². The predicted octanol–water partition coefficient (Wildman–Crippen LogP) is 5.06. The van der Waals surface area contributed by atoms with Crippen molar-refractivity contribution in [1.82, 2.24) is 19.9 Å². The van der Waals surface area contributed by atoms with Crippen molar-refractivity contribution < 1.29 is 14.3 Å². The lowest BCUT2D eigenvalue weighted by Gasteiger charge is -2.37. The molecule has 1 aromatic carbocycles. The van der Waals surface area contributed by atoms with Crippen LogP contribution in [-0.4, -0.2) is 63.6 Å². The van der Waals surface area contributed by atoms with Gasteiger partial charge in [-0.05, 0) is 67.9 Å². The number of thiophene rings is 1. The smallest absolute Gasteiger partial charge is 0.410 e. The third-order valence-electron chi connectivity index (χ3n) is 5.92. The van der Waals surface area contributed by atoms with E-state index in [1.54, 1.807) is 40.9 Å². The summed E-state index contributed by atoms with van der Waals surface area (Å²) in [7, 11) is 0. The Morgan fingerprint density at radius 2 is 1.84 bits per heavy atom. The Hall–Kier alpha value is -4.05. The molecular formula is C27H28N6O3S. The van der Waals surface area contributed by atoms with E-state index in [0.717, 1.165) is 16.6 Å². The number of rotatable bonds is 4. The normalized spacial score (nSPS) is 14.0. The Labute approximate surface area is 219 Å². The number of nitrogens with one attached hydrogen (secondary N) is 1. The van der Waals surface area contributed by atoms with Crippen LogP contribution in [0.2, 0.25) is 0 Å². The number of fused-ring (bicyclic) bond motifs is 1. The Bertz CT molecular complexity index is 1440. The lowest BCUT2D eigenvalue weighted by molar-refractivity contribution is 0.0240. The lowest BCUT2D eigenvalue weighted by atomic mass is 10.1. The molecule has 0 saturated carbocycles. The van der Waals surface area contributed by atoms with Gasteiger partial charge in [0, 0.05) is 48.8 Å². The largest absolute Gasteiger partial charge is 0.444 e. The summed E-state index contributed by atoms with van der Waals surface area (Å²) in [5, 5.41) is 6.12. The standard InChI is InChI=1S/C27H28N6O3S/c1-27(2,3)36-26(35)33-13-11-32(12-14-33)22-7-9-28-17-21(22)31-25(34)20-6-10-29-24(30-20)19-4-5-23-18(16-19)8-15-37-23/h4-10,15-17H,11-14H2,1-3H3,(H,31,34). The zero-order chi connectivity index (χ0) is 26.0. The number of anilines is 2. The number of nitrogens with zero attached hydrogens (tertiary/aromatic N) is 5. The molecule has 9 nitrogen and oxygen atoms in total. The average Bonchev–Trinajstić information content (AvgIpc) is 3.36. The molecule has 190 valence electrons. The van der Waals surface area contributed by atoms with E-state index >= 15 is 0 Å². The van der Waals surface area contributed by atoms with Crippen LogP contribution in [0.1, 0.15) is 31.3 Å². The van der Waals surface area contributed by atoms with Gasteiger partial charge in [0.15, 0.2) is 5.82 Å². The van der Waals surface area contributed by atoms with Crippen molar-refractivity contribution in [2.75, 3.05) is 36.4 Å². The second-order valence-electron chi connectivity index (χ2n) is 9.74. The SMILES string of the molecule is CC(C)(C)OC(=O)N1CCN(c2ccncc2NC(=O)c2ccnc(-c3ccc4sccc4c3)n2)CC1. The lowest BCUT2D eigenvalue weighted by Crippen LogP contribution is -2.50. The molecule has 1 N–H and O–H groups in total. The molecular weight excluding hydrogens is 488 g/mol. The van der Waals surface area contributed by atoms with Gasteiger partial charge in [-0.3, -0.25) is 9.78 Å². The first-order chi connectivity index (χ1) is 17.8. The van der Waals surface area contributed by atoms with Gasteiger partial charge < -0.3 is 19.9 Å². The molecule has 2 amide bonds. The highest BCUT2D eigenvalue weighted by molar-refractivity contribution is 7.17. The van der Waals surface area contributed by atoms with Gasteiger partial charge in [-0.2, -0.15) is 0 Å². The molecule has 1 saturated heterocycles. The molecule has 1 aliphatic heterocycles. The maximum atomic E-state index is 13.2. The van der Waals surface area contributed by atoms with Crippen LogP contribution in [0, 0.1) is 0 Å². The minimum atomic E-state index is -0.533. The molecule has 0 spiro atoms. The minimum absolute atomic E-state index is 0.264. The predicted molar refractivity (Wildman–Crippen MR) is 145 cm³/mol. The van der Waals surface area contributed by atoms with E-state index in [9.17, 15) is 9.59 Å². The van der Waals surface area contributed by atoms with E-state index < -0.39 is 5.60 Å². The number of hydrogen-bond acceptors (Lipinski definition) is 8.